The van der Waals surface area contributed by atoms with E-state index in [9.17, 15) is 9.59 Å². The van der Waals surface area contributed by atoms with Gasteiger partial charge in [0.15, 0.2) is 23.8 Å². The van der Waals surface area contributed by atoms with Crippen molar-refractivity contribution in [3.8, 4) is 11.5 Å². The number of carbonyl (C=O) groups excluding carboxylic acids is 2. The van der Waals surface area contributed by atoms with Crippen LogP contribution in [0.3, 0.4) is 0 Å². The summed E-state index contributed by atoms with van der Waals surface area (Å²) in [6.07, 6.45) is -0.930. The van der Waals surface area contributed by atoms with Crippen LogP contribution in [-0.4, -0.2) is 23.8 Å². The Kier molecular flexibility index (Phi) is 4.89. The summed E-state index contributed by atoms with van der Waals surface area (Å²) in [6.45, 7) is 6.36. The van der Waals surface area contributed by atoms with Crippen LogP contribution in [0.2, 0.25) is 0 Å². The third-order valence-corrected chi connectivity index (χ3v) is 2.59. The number of ketones is 2. The Morgan fingerprint density at radius 2 is 1.11 bits per heavy atom. The molecule has 0 saturated carbocycles. The van der Waals surface area contributed by atoms with Gasteiger partial charge < -0.3 is 9.47 Å². The molecule has 0 aliphatic carbocycles. The van der Waals surface area contributed by atoms with Gasteiger partial charge in [-0.3, -0.25) is 9.59 Å². The van der Waals surface area contributed by atoms with E-state index in [1.807, 2.05) is 0 Å². The minimum absolute atomic E-state index is 0.0273. The molecule has 0 amide bonds. The molecule has 2 atom stereocenters. The van der Waals surface area contributed by atoms with Gasteiger partial charge in [-0.05, 0) is 52.0 Å². The van der Waals surface area contributed by atoms with Gasteiger partial charge in [0.2, 0.25) is 0 Å². The van der Waals surface area contributed by atoms with Crippen LogP contribution in [0.25, 0.3) is 0 Å². The molecule has 0 aliphatic heterocycles. The SMILES string of the molecule is CC(=O)[C@H](C)Oc1ccc(O[C@@H](C)C(C)=O)cc1. The fourth-order valence-electron chi connectivity index (χ4n) is 1.17. The maximum absolute atomic E-state index is 11.0. The molecule has 0 spiro atoms. The van der Waals surface area contributed by atoms with E-state index in [4.69, 9.17) is 9.47 Å². The fourth-order valence-corrected chi connectivity index (χ4v) is 1.17. The zero-order valence-electron chi connectivity index (χ0n) is 11.1. The molecule has 4 nitrogen and oxygen atoms in total. The topological polar surface area (TPSA) is 52.6 Å². The number of hydrogen-bond donors (Lipinski definition) is 0. The summed E-state index contributed by atoms with van der Waals surface area (Å²) in [5, 5.41) is 0. The second kappa shape index (κ2) is 6.19. The van der Waals surface area contributed by atoms with E-state index in [0.717, 1.165) is 0 Å². The molecule has 98 valence electrons. The predicted octanol–water partition coefficient (Wildman–Crippen LogP) is 2.40. The van der Waals surface area contributed by atoms with E-state index in [0.29, 0.717) is 11.5 Å². The number of rotatable bonds is 6. The lowest BCUT2D eigenvalue weighted by Crippen LogP contribution is -2.21. The van der Waals surface area contributed by atoms with Gasteiger partial charge in [-0.2, -0.15) is 0 Å². The van der Waals surface area contributed by atoms with Crippen LogP contribution < -0.4 is 9.47 Å². The van der Waals surface area contributed by atoms with Crippen LogP contribution in [-0.2, 0) is 9.59 Å². The van der Waals surface area contributed by atoms with Crippen molar-refractivity contribution in [2.24, 2.45) is 0 Å². The third-order valence-electron chi connectivity index (χ3n) is 2.59. The first-order valence-corrected chi connectivity index (χ1v) is 5.84. The van der Waals surface area contributed by atoms with E-state index in [1.165, 1.54) is 13.8 Å². The van der Waals surface area contributed by atoms with Crippen LogP contribution in [0, 0.1) is 0 Å². The first-order chi connectivity index (χ1) is 8.40. The molecule has 0 bridgehead atoms. The molecule has 0 heterocycles. The number of hydrogen-bond acceptors (Lipinski definition) is 4. The minimum atomic E-state index is -0.465. The lowest BCUT2D eigenvalue weighted by atomic mass is 10.2. The van der Waals surface area contributed by atoms with Crippen molar-refractivity contribution in [3.63, 3.8) is 0 Å². The molecule has 1 rings (SSSR count). The summed E-state index contributed by atoms with van der Waals surface area (Å²) in [5.74, 6) is 1.14. The van der Waals surface area contributed by atoms with E-state index in [1.54, 1.807) is 38.1 Å². The van der Waals surface area contributed by atoms with Crippen LogP contribution in [0.1, 0.15) is 27.7 Å². The molecule has 0 saturated heterocycles. The Hall–Kier alpha value is -1.84. The molecule has 0 aliphatic rings. The van der Waals surface area contributed by atoms with Crippen molar-refractivity contribution in [1.29, 1.82) is 0 Å². The number of Topliss-reactive ketones (excluding diaryl/α,β-unsaturated/α-hetero) is 2. The Balaban J connectivity index is 2.63. The number of carbonyl (C=O) groups is 2. The van der Waals surface area contributed by atoms with Gasteiger partial charge in [-0.1, -0.05) is 0 Å². The highest BCUT2D eigenvalue weighted by molar-refractivity contribution is 5.80. The van der Waals surface area contributed by atoms with E-state index in [2.05, 4.69) is 0 Å². The highest BCUT2D eigenvalue weighted by Gasteiger charge is 2.11. The van der Waals surface area contributed by atoms with Gasteiger partial charge in [-0.25, -0.2) is 0 Å². The second-order valence-electron chi connectivity index (χ2n) is 4.21. The number of benzene rings is 1. The molecule has 18 heavy (non-hydrogen) atoms. The van der Waals surface area contributed by atoms with Gasteiger partial charge in [-0.15, -0.1) is 0 Å². The Bertz CT molecular complexity index is 381. The molecule has 1 aromatic carbocycles. The quantitative estimate of drug-likeness (QED) is 0.778. The Morgan fingerprint density at radius 3 is 1.33 bits per heavy atom. The number of ether oxygens (including phenoxy) is 2. The average molecular weight is 250 g/mol. The molecule has 0 fully saturated rings. The summed E-state index contributed by atoms with van der Waals surface area (Å²) < 4.78 is 10.8. The average Bonchev–Trinajstić information content (AvgIpc) is 2.31. The van der Waals surface area contributed by atoms with Crippen LogP contribution in [0.4, 0.5) is 0 Å². The monoisotopic (exact) mass is 250 g/mol. The third kappa shape index (κ3) is 4.20. The fraction of sp³-hybridized carbons (Fsp3) is 0.429. The van der Waals surface area contributed by atoms with Crippen LogP contribution in [0.5, 0.6) is 11.5 Å². The molecule has 1 aromatic rings. The smallest absolute Gasteiger partial charge is 0.169 e. The van der Waals surface area contributed by atoms with Crippen LogP contribution >= 0.6 is 0 Å². The normalized spacial score (nSPS) is 13.6. The van der Waals surface area contributed by atoms with Crippen LogP contribution in [0.15, 0.2) is 24.3 Å². The first-order valence-electron chi connectivity index (χ1n) is 5.84. The van der Waals surface area contributed by atoms with Crippen molar-refractivity contribution in [2.75, 3.05) is 0 Å². The predicted molar refractivity (Wildman–Crippen MR) is 68.0 cm³/mol. The Morgan fingerprint density at radius 1 is 0.833 bits per heavy atom. The maximum Gasteiger partial charge on any atom is 0.169 e. The largest absolute Gasteiger partial charge is 0.483 e. The van der Waals surface area contributed by atoms with Crippen molar-refractivity contribution in [1.82, 2.24) is 0 Å². The molecule has 0 unspecified atom stereocenters. The first kappa shape index (κ1) is 14.2. The lowest BCUT2D eigenvalue weighted by Gasteiger charge is -2.14. The van der Waals surface area contributed by atoms with Crippen molar-refractivity contribution < 1.29 is 19.1 Å². The molecule has 0 N–H and O–H groups in total. The van der Waals surface area contributed by atoms with Gasteiger partial charge in [0, 0.05) is 0 Å². The van der Waals surface area contributed by atoms with E-state index in [-0.39, 0.29) is 11.6 Å². The zero-order valence-corrected chi connectivity index (χ0v) is 11.1. The summed E-state index contributed by atoms with van der Waals surface area (Å²) >= 11 is 0. The molecule has 4 heteroatoms. The van der Waals surface area contributed by atoms with Crippen molar-refractivity contribution in [3.05, 3.63) is 24.3 Å². The van der Waals surface area contributed by atoms with Crippen molar-refractivity contribution >= 4 is 11.6 Å². The Labute approximate surface area is 107 Å². The summed E-state index contributed by atoms with van der Waals surface area (Å²) in [5.41, 5.74) is 0. The van der Waals surface area contributed by atoms with Crippen molar-refractivity contribution in [2.45, 2.75) is 39.9 Å². The van der Waals surface area contributed by atoms with Gasteiger partial charge in [0.1, 0.15) is 11.5 Å². The molecular formula is C14H18O4. The standard InChI is InChI=1S/C14H18O4/c1-9(15)11(3)17-13-5-7-14(8-6-13)18-12(4)10(2)16/h5-8,11-12H,1-4H3/t11-,12-/m0/s1. The van der Waals surface area contributed by atoms with E-state index < -0.39 is 12.2 Å². The minimum Gasteiger partial charge on any atom is -0.483 e. The maximum atomic E-state index is 11.0. The zero-order chi connectivity index (χ0) is 13.7. The summed E-state index contributed by atoms with van der Waals surface area (Å²) in [7, 11) is 0. The lowest BCUT2D eigenvalue weighted by molar-refractivity contribution is -0.123. The molecule has 0 radical (unpaired) electrons. The van der Waals surface area contributed by atoms with Gasteiger partial charge in [0.05, 0.1) is 0 Å². The highest BCUT2D eigenvalue weighted by Crippen LogP contribution is 2.19. The van der Waals surface area contributed by atoms with Gasteiger partial charge in [0.25, 0.3) is 0 Å². The second-order valence-corrected chi connectivity index (χ2v) is 4.21. The summed E-state index contributed by atoms with van der Waals surface area (Å²) in [4.78, 5) is 22.1. The highest BCUT2D eigenvalue weighted by atomic mass is 16.5. The van der Waals surface area contributed by atoms with Gasteiger partial charge >= 0.3 is 0 Å². The molecule has 0 aromatic heterocycles. The van der Waals surface area contributed by atoms with E-state index >= 15 is 0 Å². The molecular weight excluding hydrogens is 232 g/mol. The summed E-state index contributed by atoms with van der Waals surface area (Å²) in [6, 6.07) is 6.84.